The monoisotopic (exact) mass is 330 g/mol. The van der Waals surface area contributed by atoms with E-state index in [1.54, 1.807) is 0 Å². The number of halogens is 1. The number of aromatic nitrogens is 4. The van der Waals surface area contributed by atoms with Crippen LogP contribution in [-0.2, 0) is 10.5 Å². The summed E-state index contributed by atoms with van der Waals surface area (Å²) in [6.45, 7) is -1.85. The van der Waals surface area contributed by atoms with Crippen molar-refractivity contribution in [1.29, 1.82) is 0 Å². The molecule has 3 heterocycles. The third-order valence-electron chi connectivity index (χ3n) is 3.86. The first-order valence-corrected chi connectivity index (χ1v) is 6.52. The van der Waals surface area contributed by atoms with Crippen molar-refractivity contribution in [3.8, 4) is 0 Å². The van der Waals surface area contributed by atoms with E-state index in [4.69, 9.17) is 16.2 Å². The Labute approximate surface area is 127 Å². The van der Waals surface area contributed by atoms with Crippen LogP contribution in [0.5, 0.6) is 0 Å². The molecule has 8 N–H and O–H groups in total. The van der Waals surface area contributed by atoms with E-state index in [0.717, 1.165) is 10.7 Å². The molecule has 23 heavy (non-hydrogen) atoms. The van der Waals surface area contributed by atoms with Crippen LogP contribution in [0.25, 0.3) is 5.65 Å². The van der Waals surface area contributed by atoms with Gasteiger partial charge in [-0.25, -0.2) is 13.9 Å². The Hall–Kier alpha value is -2.12. The summed E-state index contributed by atoms with van der Waals surface area (Å²) in [5.74, 6) is -3.11. The van der Waals surface area contributed by atoms with Crippen molar-refractivity contribution in [2.24, 2.45) is 0 Å². The Morgan fingerprint density at radius 3 is 2.57 bits per heavy atom. The van der Waals surface area contributed by atoms with E-state index in [2.05, 4.69) is 15.1 Å². The number of aliphatic hydroxyl groups excluding tert-OH is 3. The van der Waals surface area contributed by atoms with Crippen LogP contribution < -0.4 is 11.5 Å². The molecule has 1 aliphatic rings. The molecule has 0 aliphatic carbocycles. The minimum Gasteiger partial charge on any atom is -0.393 e. The van der Waals surface area contributed by atoms with E-state index in [-0.39, 0.29) is 23.1 Å². The summed E-state index contributed by atoms with van der Waals surface area (Å²) >= 11 is 0. The first-order chi connectivity index (χ1) is 10.8. The number of nitrogens with two attached hydrogens (primary N) is 2. The fourth-order valence-electron chi connectivity index (χ4n) is 2.57. The average Bonchev–Trinajstić information content (AvgIpc) is 3.02. The maximum absolute atomic E-state index is 14.5. The van der Waals surface area contributed by atoms with Gasteiger partial charge in [0.25, 0.3) is 0 Å². The van der Waals surface area contributed by atoms with E-state index >= 15 is 0 Å². The number of rotatable bonds is 3. The molecule has 3 rings (SSSR count). The highest BCUT2D eigenvalue weighted by molar-refractivity contribution is 5.61. The Kier molecular flexibility index (Phi) is 3.38. The van der Waals surface area contributed by atoms with Crippen LogP contribution >= 0.6 is 0 Å². The van der Waals surface area contributed by atoms with Gasteiger partial charge < -0.3 is 36.6 Å². The number of fused-ring (bicyclic) bond motifs is 1. The van der Waals surface area contributed by atoms with Gasteiger partial charge >= 0.3 is 0 Å². The Bertz CT molecular complexity index is 752. The fourth-order valence-corrected chi connectivity index (χ4v) is 2.57. The molecule has 0 radical (unpaired) electrons. The van der Waals surface area contributed by atoms with Gasteiger partial charge in [-0.15, -0.1) is 5.10 Å². The van der Waals surface area contributed by atoms with Crippen molar-refractivity contribution in [2.75, 3.05) is 24.7 Å². The third kappa shape index (κ3) is 1.96. The molecular formula is C11H15FN6O5. The van der Waals surface area contributed by atoms with Crippen molar-refractivity contribution in [3.05, 3.63) is 11.9 Å². The van der Waals surface area contributed by atoms with Gasteiger partial charge in [0.15, 0.2) is 17.6 Å². The van der Waals surface area contributed by atoms with Gasteiger partial charge in [0.1, 0.15) is 17.4 Å². The second-order valence-electron chi connectivity index (χ2n) is 5.26. The molecule has 0 unspecified atom stereocenters. The van der Waals surface area contributed by atoms with Crippen LogP contribution in [0, 0.1) is 0 Å². The predicted octanol–water partition coefficient (Wildman–Crippen LogP) is -3.11. The van der Waals surface area contributed by atoms with Gasteiger partial charge in [-0.3, -0.25) is 0 Å². The minimum atomic E-state index is -2.74. The SMILES string of the molecule is Nc1nc(N)c2ncc([C@]3(O)OC(CO)(CO)[C@@H](O)[C@H]3F)n2n1. The number of aliphatic hydroxyl groups is 4. The molecule has 12 heteroatoms. The molecule has 2 aromatic heterocycles. The summed E-state index contributed by atoms with van der Waals surface area (Å²) in [6.07, 6.45) is -3.38. The Morgan fingerprint density at radius 2 is 2.00 bits per heavy atom. The smallest absolute Gasteiger partial charge is 0.247 e. The second kappa shape index (κ2) is 4.94. The summed E-state index contributed by atoms with van der Waals surface area (Å²) in [5, 5.41) is 42.9. The largest absolute Gasteiger partial charge is 0.393 e. The standard InChI is InChI=1S/C11H15FN6O5/c12-5-6(21)10(2-19,3-20)23-11(5,22)4-1-15-8-7(13)16-9(14)17-18(4)8/h1,5-6,19-22H,2-3H2,(H4,13,14,16,17)/t5-,6+,11+/m1/s1. The zero-order valence-corrected chi connectivity index (χ0v) is 11.7. The third-order valence-corrected chi connectivity index (χ3v) is 3.86. The summed E-state index contributed by atoms with van der Waals surface area (Å²) in [7, 11) is 0. The lowest BCUT2D eigenvalue weighted by atomic mass is 9.95. The van der Waals surface area contributed by atoms with Gasteiger partial charge in [0, 0.05) is 0 Å². The van der Waals surface area contributed by atoms with E-state index < -0.39 is 36.9 Å². The van der Waals surface area contributed by atoms with Crippen LogP contribution in [0.3, 0.4) is 0 Å². The summed E-state index contributed by atoms with van der Waals surface area (Å²) in [6, 6.07) is 0. The molecule has 0 saturated carbocycles. The molecule has 0 spiro atoms. The topological polar surface area (TPSA) is 185 Å². The molecule has 2 aromatic rings. The number of ether oxygens (including phenoxy) is 1. The summed E-state index contributed by atoms with van der Waals surface area (Å²) in [5.41, 5.74) is 8.65. The number of hydrogen-bond acceptors (Lipinski definition) is 10. The van der Waals surface area contributed by atoms with Gasteiger partial charge in [0.05, 0.1) is 19.4 Å². The molecule has 11 nitrogen and oxygen atoms in total. The predicted molar refractivity (Wildman–Crippen MR) is 72.4 cm³/mol. The first-order valence-electron chi connectivity index (χ1n) is 6.52. The average molecular weight is 330 g/mol. The Balaban J connectivity index is 2.18. The van der Waals surface area contributed by atoms with Crippen LogP contribution in [0.2, 0.25) is 0 Å². The number of nitrogens with zero attached hydrogens (tertiary/aromatic N) is 4. The lowest BCUT2D eigenvalue weighted by Crippen LogP contribution is -2.48. The van der Waals surface area contributed by atoms with E-state index in [1.807, 2.05) is 0 Å². The Morgan fingerprint density at radius 1 is 1.35 bits per heavy atom. The molecule has 1 fully saturated rings. The van der Waals surface area contributed by atoms with Crippen molar-refractivity contribution in [2.45, 2.75) is 23.7 Å². The molecule has 1 aliphatic heterocycles. The quantitative estimate of drug-likeness (QED) is 0.336. The highest BCUT2D eigenvalue weighted by atomic mass is 19.1. The van der Waals surface area contributed by atoms with Gasteiger partial charge in [-0.2, -0.15) is 4.98 Å². The van der Waals surface area contributed by atoms with Crippen molar-refractivity contribution < 1.29 is 29.6 Å². The molecule has 3 atom stereocenters. The molecular weight excluding hydrogens is 315 g/mol. The highest BCUT2D eigenvalue weighted by Crippen LogP contribution is 2.44. The normalized spacial score (nSPS) is 30.1. The number of nitrogen functional groups attached to an aromatic ring is 2. The number of hydrogen-bond donors (Lipinski definition) is 6. The van der Waals surface area contributed by atoms with Crippen molar-refractivity contribution >= 4 is 17.4 Å². The van der Waals surface area contributed by atoms with Crippen molar-refractivity contribution in [1.82, 2.24) is 19.6 Å². The maximum atomic E-state index is 14.5. The van der Waals surface area contributed by atoms with Crippen LogP contribution in [-0.4, -0.2) is 71.1 Å². The number of imidazole rings is 1. The number of alkyl halides is 1. The zero-order chi connectivity index (χ0) is 17.0. The second-order valence-corrected chi connectivity index (χ2v) is 5.26. The van der Waals surface area contributed by atoms with Gasteiger partial charge in [-0.1, -0.05) is 0 Å². The molecule has 0 aromatic carbocycles. The maximum Gasteiger partial charge on any atom is 0.247 e. The van der Waals surface area contributed by atoms with E-state index in [9.17, 15) is 24.8 Å². The first kappa shape index (κ1) is 15.8. The van der Waals surface area contributed by atoms with E-state index in [1.165, 1.54) is 0 Å². The molecule has 126 valence electrons. The molecule has 1 saturated heterocycles. The van der Waals surface area contributed by atoms with Crippen LogP contribution in [0.15, 0.2) is 6.20 Å². The van der Waals surface area contributed by atoms with Crippen molar-refractivity contribution in [3.63, 3.8) is 0 Å². The van der Waals surface area contributed by atoms with Crippen LogP contribution in [0.4, 0.5) is 16.2 Å². The summed E-state index contributed by atoms with van der Waals surface area (Å²) < 4.78 is 20.6. The summed E-state index contributed by atoms with van der Waals surface area (Å²) in [4.78, 5) is 7.53. The fraction of sp³-hybridized carbons (Fsp3) is 0.545. The van der Waals surface area contributed by atoms with E-state index in [0.29, 0.717) is 0 Å². The van der Waals surface area contributed by atoms with Gasteiger partial charge in [-0.05, 0) is 0 Å². The van der Waals surface area contributed by atoms with Gasteiger partial charge in [0.2, 0.25) is 11.7 Å². The molecule has 0 amide bonds. The zero-order valence-electron chi connectivity index (χ0n) is 11.7. The molecule has 0 bridgehead atoms. The minimum absolute atomic E-state index is 0.0154. The lowest BCUT2D eigenvalue weighted by Gasteiger charge is -2.28. The highest BCUT2D eigenvalue weighted by Gasteiger charge is 2.64. The van der Waals surface area contributed by atoms with Crippen LogP contribution in [0.1, 0.15) is 5.69 Å². The number of anilines is 2. The lowest BCUT2D eigenvalue weighted by molar-refractivity contribution is -0.265.